The maximum atomic E-state index is 12.3. The number of nitrogens with zero attached hydrogens (tertiary/aromatic N) is 4. The van der Waals surface area contributed by atoms with Gasteiger partial charge >= 0.3 is 0 Å². The van der Waals surface area contributed by atoms with Crippen molar-refractivity contribution in [2.45, 2.75) is 31.3 Å². The molecular weight excluding hydrogens is 448 g/mol. The second-order valence-electron chi connectivity index (χ2n) is 10.7. The Labute approximate surface area is 216 Å². The predicted octanol–water partition coefficient (Wildman–Crippen LogP) is 3.38. The molecule has 3 aromatic rings. The summed E-state index contributed by atoms with van der Waals surface area (Å²) in [6, 6.07) is 18.8. The van der Waals surface area contributed by atoms with E-state index < -0.39 is 0 Å². The number of carbonyl (C=O) groups excluding carboxylic acids is 1. The Bertz CT molecular complexity index is 1130. The first-order valence-corrected chi connectivity index (χ1v) is 13.0. The number of H-pyrrole nitrogens is 1. The monoisotopic (exact) mass is 490 g/mol. The van der Waals surface area contributed by atoms with Crippen molar-refractivity contribution in [3.05, 3.63) is 65.9 Å². The number of carbonyl (C=O) groups is 1. The van der Waals surface area contributed by atoms with Gasteiger partial charge in [-0.05, 0) is 78.3 Å². The van der Waals surface area contributed by atoms with Crippen LogP contribution < -0.4 is 10.2 Å². The lowest BCUT2D eigenvalue weighted by molar-refractivity contribution is -0.125. The van der Waals surface area contributed by atoms with E-state index in [-0.39, 0.29) is 11.4 Å². The molecule has 4 heterocycles. The van der Waals surface area contributed by atoms with Crippen LogP contribution in [-0.4, -0.2) is 92.7 Å². The number of hydrogen-bond donors (Lipinski definition) is 2. The molecule has 0 aliphatic carbocycles. The van der Waals surface area contributed by atoms with Crippen LogP contribution in [0.3, 0.4) is 0 Å². The number of anilines is 1. The molecule has 3 aliphatic heterocycles. The van der Waals surface area contributed by atoms with Gasteiger partial charge in [-0.3, -0.25) is 4.79 Å². The largest absolute Gasteiger partial charge is 0.357 e. The molecule has 2 saturated heterocycles. The summed E-state index contributed by atoms with van der Waals surface area (Å²) < 4.78 is 0. The molecule has 0 bridgehead atoms. The molecule has 2 aromatic carbocycles. The summed E-state index contributed by atoms with van der Waals surface area (Å²) in [4.78, 5) is 24.7. The van der Waals surface area contributed by atoms with E-state index in [0.29, 0.717) is 6.67 Å². The number of aromatic amines is 1. The number of aromatic nitrogens is 1. The van der Waals surface area contributed by atoms with Gasteiger partial charge in [0.1, 0.15) is 5.54 Å². The molecule has 0 atom stereocenters. The first kappa shape index (κ1) is 26.2. The van der Waals surface area contributed by atoms with E-state index in [1.54, 1.807) is 0 Å². The SMILES string of the molecule is CN(C)C.CN1CCC2(CC1)C(=O)NCN2c1ccccc1.CN1CCc2c([nH]c3ccccc23)C1. The third kappa shape index (κ3) is 5.75. The van der Waals surface area contributed by atoms with Crippen LogP contribution >= 0.6 is 0 Å². The summed E-state index contributed by atoms with van der Waals surface area (Å²) in [6.07, 6.45) is 2.99. The van der Waals surface area contributed by atoms with Gasteiger partial charge in [0.25, 0.3) is 0 Å². The highest BCUT2D eigenvalue weighted by Crippen LogP contribution is 2.35. The molecule has 2 N–H and O–H groups in total. The third-order valence-electron chi connectivity index (χ3n) is 7.29. The van der Waals surface area contributed by atoms with Crippen LogP contribution in [0.15, 0.2) is 54.6 Å². The molecule has 2 fully saturated rings. The summed E-state index contributed by atoms with van der Waals surface area (Å²) in [5.74, 6) is 0.194. The zero-order chi connectivity index (χ0) is 25.7. The topological polar surface area (TPSA) is 57.9 Å². The molecule has 194 valence electrons. The summed E-state index contributed by atoms with van der Waals surface area (Å²) in [5, 5.41) is 4.42. The molecular formula is C29H42N6O. The normalized spacial score (nSPS) is 19.4. The summed E-state index contributed by atoms with van der Waals surface area (Å²) in [7, 11) is 10.3. The molecule has 3 aliphatic rings. The van der Waals surface area contributed by atoms with Crippen molar-refractivity contribution in [2.24, 2.45) is 0 Å². The van der Waals surface area contributed by atoms with Crippen LogP contribution in [0.2, 0.25) is 0 Å². The summed E-state index contributed by atoms with van der Waals surface area (Å²) in [6.45, 7) is 4.83. The van der Waals surface area contributed by atoms with Gasteiger partial charge in [0.2, 0.25) is 5.91 Å². The van der Waals surface area contributed by atoms with Gasteiger partial charge in [0, 0.05) is 48.5 Å². The highest BCUT2D eigenvalue weighted by molar-refractivity contribution is 5.93. The zero-order valence-corrected chi connectivity index (χ0v) is 22.6. The molecule has 36 heavy (non-hydrogen) atoms. The Balaban J connectivity index is 0.000000151. The molecule has 1 aromatic heterocycles. The zero-order valence-electron chi connectivity index (χ0n) is 22.6. The van der Waals surface area contributed by atoms with Crippen LogP contribution in [0.1, 0.15) is 24.1 Å². The van der Waals surface area contributed by atoms with Crippen molar-refractivity contribution >= 4 is 22.5 Å². The van der Waals surface area contributed by atoms with E-state index in [1.165, 1.54) is 35.1 Å². The van der Waals surface area contributed by atoms with Gasteiger partial charge in [-0.15, -0.1) is 0 Å². The number of para-hydroxylation sites is 2. The quantitative estimate of drug-likeness (QED) is 0.548. The van der Waals surface area contributed by atoms with E-state index >= 15 is 0 Å². The van der Waals surface area contributed by atoms with Gasteiger partial charge in [-0.1, -0.05) is 36.4 Å². The maximum absolute atomic E-state index is 12.3. The van der Waals surface area contributed by atoms with Gasteiger partial charge < -0.3 is 29.9 Å². The highest BCUT2D eigenvalue weighted by Gasteiger charge is 2.49. The number of likely N-dealkylation sites (N-methyl/N-ethyl adjacent to an activating group) is 1. The van der Waals surface area contributed by atoms with E-state index in [4.69, 9.17) is 0 Å². The Morgan fingerprint density at radius 2 is 1.50 bits per heavy atom. The Morgan fingerprint density at radius 3 is 2.19 bits per heavy atom. The van der Waals surface area contributed by atoms with E-state index in [0.717, 1.165) is 38.2 Å². The van der Waals surface area contributed by atoms with Crippen LogP contribution in [0.25, 0.3) is 10.9 Å². The molecule has 1 spiro atoms. The Morgan fingerprint density at radius 1 is 0.861 bits per heavy atom. The third-order valence-corrected chi connectivity index (χ3v) is 7.29. The molecule has 0 saturated carbocycles. The molecule has 6 rings (SSSR count). The number of amides is 1. The molecule has 0 unspecified atom stereocenters. The van der Waals surface area contributed by atoms with Crippen LogP contribution in [0, 0.1) is 0 Å². The van der Waals surface area contributed by atoms with E-state index in [9.17, 15) is 4.79 Å². The van der Waals surface area contributed by atoms with Crippen LogP contribution in [0.5, 0.6) is 0 Å². The second kappa shape index (κ2) is 11.5. The lowest BCUT2D eigenvalue weighted by atomic mass is 9.86. The number of hydrogen-bond acceptors (Lipinski definition) is 5. The van der Waals surface area contributed by atoms with Crippen molar-refractivity contribution in [3.63, 3.8) is 0 Å². The second-order valence-corrected chi connectivity index (χ2v) is 10.7. The van der Waals surface area contributed by atoms with Crippen molar-refractivity contribution in [1.29, 1.82) is 0 Å². The highest BCUT2D eigenvalue weighted by atomic mass is 16.2. The van der Waals surface area contributed by atoms with E-state index in [2.05, 4.69) is 75.5 Å². The average molecular weight is 491 g/mol. The fourth-order valence-corrected chi connectivity index (χ4v) is 5.35. The Kier molecular flexibility index (Phi) is 8.34. The number of rotatable bonds is 1. The van der Waals surface area contributed by atoms with Gasteiger partial charge in [0.05, 0.1) is 6.67 Å². The van der Waals surface area contributed by atoms with Crippen molar-refractivity contribution in [1.82, 2.24) is 25.0 Å². The number of fused-ring (bicyclic) bond motifs is 3. The minimum Gasteiger partial charge on any atom is -0.357 e. The lowest BCUT2D eigenvalue weighted by Gasteiger charge is -2.42. The van der Waals surface area contributed by atoms with Crippen LogP contribution in [-0.2, 0) is 17.8 Å². The Hall–Kier alpha value is -2.87. The molecule has 1 amide bonds. The summed E-state index contributed by atoms with van der Waals surface area (Å²) in [5.41, 5.74) is 5.03. The number of piperidine rings is 1. The smallest absolute Gasteiger partial charge is 0.247 e. The number of benzene rings is 2. The first-order valence-electron chi connectivity index (χ1n) is 13.0. The predicted molar refractivity (Wildman–Crippen MR) is 149 cm³/mol. The fraction of sp³-hybridized carbons (Fsp3) is 0.483. The maximum Gasteiger partial charge on any atom is 0.247 e. The standard InChI is InChI=1S/C14H19N3O.C12H14N2.C3H9N/c1-16-9-7-14(8-10-16)13(18)15-11-17(14)12-5-3-2-4-6-12;1-14-7-6-10-9-4-2-3-5-11(9)13-12(10)8-14;1-4(2)3/h2-6H,7-11H2,1H3,(H,15,18);2-5,13H,6-8H2,1H3;1-3H3. The molecule has 7 heteroatoms. The minimum absolute atomic E-state index is 0.194. The average Bonchev–Trinajstić information content (AvgIpc) is 3.38. The number of nitrogens with one attached hydrogen (secondary N) is 2. The van der Waals surface area contributed by atoms with Crippen molar-refractivity contribution < 1.29 is 4.79 Å². The van der Waals surface area contributed by atoms with Crippen molar-refractivity contribution in [3.8, 4) is 0 Å². The van der Waals surface area contributed by atoms with Crippen molar-refractivity contribution in [2.75, 3.05) is 66.4 Å². The summed E-state index contributed by atoms with van der Waals surface area (Å²) >= 11 is 0. The minimum atomic E-state index is -0.326. The number of likely N-dealkylation sites (tertiary alicyclic amines) is 1. The fourth-order valence-electron chi connectivity index (χ4n) is 5.35. The van der Waals surface area contributed by atoms with Crippen LogP contribution in [0.4, 0.5) is 5.69 Å². The first-order chi connectivity index (χ1) is 17.3. The molecule has 0 radical (unpaired) electrons. The van der Waals surface area contributed by atoms with E-state index in [1.807, 2.05) is 44.2 Å². The van der Waals surface area contributed by atoms with Gasteiger partial charge in [-0.2, -0.15) is 0 Å². The van der Waals surface area contributed by atoms with Gasteiger partial charge in [0.15, 0.2) is 0 Å². The lowest BCUT2D eigenvalue weighted by Crippen LogP contribution is -2.55. The van der Waals surface area contributed by atoms with Gasteiger partial charge in [-0.25, -0.2) is 0 Å². The molecule has 7 nitrogen and oxygen atoms in total.